The van der Waals surface area contributed by atoms with E-state index in [4.69, 9.17) is 13.8 Å². The van der Waals surface area contributed by atoms with E-state index < -0.39 is 50.5 Å². The lowest BCUT2D eigenvalue weighted by molar-refractivity contribution is 0.0692. The van der Waals surface area contributed by atoms with Gasteiger partial charge in [0.15, 0.2) is 5.56 Å². The van der Waals surface area contributed by atoms with E-state index in [2.05, 4.69) is 35.8 Å². The maximum Gasteiger partial charge on any atom is 0.344 e. The minimum absolute atomic E-state index is 0.0289. The number of carbonyl (C=O) groups is 2. The van der Waals surface area contributed by atoms with Crippen LogP contribution >= 0.6 is 27.5 Å². The van der Waals surface area contributed by atoms with Crippen molar-refractivity contribution in [3.63, 3.8) is 0 Å². The van der Waals surface area contributed by atoms with Gasteiger partial charge in [-0.3, -0.25) is 14.4 Å². The molecule has 0 unspecified atom stereocenters. The molecule has 0 saturated carbocycles. The fourth-order valence-corrected chi connectivity index (χ4v) is 4.44. The number of carboxylic acid groups (broad SMARTS) is 1. The molecule has 0 atom stereocenters. The van der Waals surface area contributed by atoms with Crippen LogP contribution in [0.2, 0.25) is 0 Å². The third-order valence-corrected chi connectivity index (χ3v) is 6.15. The number of carboxylic acids is 1. The summed E-state index contributed by atoms with van der Waals surface area (Å²) in [7, 11) is -7.33. The van der Waals surface area contributed by atoms with Crippen molar-refractivity contribution in [2.45, 2.75) is 32.3 Å². The molecule has 0 bridgehead atoms. The van der Waals surface area contributed by atoms with Crippen molar-refractivity contribution in [3.05, 3.63) is 39.4 Å². The zero-order chi connectivity index (χ0) is 32.1. The standard InChI is InChI=1S/C20H23BrF2N4O4S.2CH4O3S/c21-12-9-14(22)13(15(23)10-12)11-31-17-16(19(28)29)18(32-26-17)25-20(30)24-5-1-2-6-27-7-3-4-8-27;2*1-5(2,3)4/h9-10H,1-8,11H2,(H,28,29)(H2,24,25,30);2*1H3,(H,2,3,4). The number of hydrogen-bond acceptors (Lipinski definition) is 10. The number of urea groups is 1. The van der Waals surface area contributed by atoms with Crippen molar-refractivity contribution in [1.29, 1.82) is 0 Å². The topological polar surface area (TPSA) is 213 Å². The van der Waals surface area contributed by atoms with E-state index >= 15 is 0 Å². The van der Waals surface area contributed by atoms with Gasteiger partial charge < -0.3 is 20.1 Å². The highest BCUT2D eigenvalue weighted by Gasteiger charge is 2.24. The molecule has 14 nitrogen and oxygen atoms in total. The van der Waals surface area contributed by atoms with E-state index in [9.17, 15) is 40.3 Å². The number of nitrogens with one attached hydrogen (secondary N) is 2. The van der Waals surface area contributed by atoms with Gasteiger partial charge in [0, 0.05) is 11.0 Å². The number of carbonyl (C=O) groups excluding carboxylic acids is 1. The minimum atomic E-state index is -3.67. The third kappa shape index (κ3) is 16.8. The largest absolute Gasteiger partial charge is 0.477 e. The van der Waals surface area contributed by atoms with Crippen LogP contribution in [0.1, 0.15) is 41.6 Å². The Balaban J connectivity index is 0.000000759. The van der Waals surface area contributed by atoms with Crippen LogP contribution in [0.5, 0.6) is 5.88 Å². The van der Waals surface area contributed by atoms with Crippen LogP contribution in [0.15, 0.2) is 16.6 Å². The highest BCUT2D eigenvalue weighted by molar-refractivity contribution is 9.10. The van der Waals surface area contributed by atoms with Crippen molar-refractivity contribution in [3.8, 4) is 5.88 Å². The third-order valence-electron chi connectivity index (χ3n) is 4.95. The van der Waals surface area contributed by atoms with Gasteiger partial charge in [-0.2, -0.15) is 21.2 Å². The molecular weight excluding hydrogens is 694 g/mol. The first kappa shape index (κ1) is 37.5. The van der Waals surface area contributed by atoms with E-state index in [1.807, 2.05) is 0 Å². The Hall–Kier alpha value is -2.49. The maximum atomic E-state index is 14.0. The molecule has 0 aliphatic carbocycles. The molecule has 2 aromatic rings. The lowest BCUT2D eigenvalue weighted by Crippen LogP contribution is -2.30. The van der Waals surface area contributed by atoms with E-state index in [1.54, 1.807) is 0 Å². The SMILES string of the molecule is CS(=O)(=O)O.CS(=O)(=O)O.O=C(NCCCCN1CCCC1)Nc1snc(OCc2c(F)cc(Br)cc2F)c1C(=O)O. The predicted molar refractivity (Wildman–Crippen MR) is 154 cm³/mol. The number of benzene rings is 1. The van der Waals surface area contributed by atoms with Gasteiger partial charge in [0.2, 0.25) is 5.88 Å². The molecule has 20 heteroatoms. The van der Waals surface area contributed by atoms with E-state index in [-0.39, 0.29) is 26.5 Å². The van der Waals surface area contributed by atoms with Gasteiger partial charge in [-0.05, 0) is 69.0 Å². The number of aromatic nitrogens is 1. The van der Waals surface area contributed by atoms with E-state index in [0.717, 1.165) is 44.6 Å². The number of rotatable bonds is 10. The molecule has 1 aromatic heterocycles. The molecule has 3 rings (SSSR count). The minimum Gasteiger partial charge on any atom is -0.477 e. The van der Waals surface area contributed by atoms with Crippen molar-refractivity contribution >= 4 is 64.7 Å². The first-order valence-electron chi connectivity index (χ1n) is 12.0. The van der Waals surface area contributed by atoms with E-state index in [0.29, 0.717) is 30.6 Å². The van der Waals surface area contributed by atoms with Crippen molar-refractivity contribution in [1.82, 2.24) is 14.6 Å². The summed E-state index contributed by atoms with van der Waals surface area (Å²) in [6.45, 7) is 3.15. The van der Waals surface area contributed by atoms with Crippen LogP contribution in [-0.2, 0) is 26.8 Å². The number of nitrogens with zero attached hydrogens (tertiary/aromatic N) is 2. The second-order valence-corrected chi connectivity index (χ2v) is 13.4. The summed E-state index contributed by atoms with van der Waals surface area (Å²) in [5, 5.41) is 14.6. The van der Waals surface area contributed by atoms with Crippen LogP contribution in [0.4, 0.5) is 18.6 Å². The number of halogens is 3. The molecule has 1 aromatic carbocycles. The molecule has 2 heterocycles. The number of unbranched alkanes of at least 4 members (excludes halogenated alkanes) is 1. The van der Waals surface area contributed by atoms with Crippen LogP contribution in [0.3, 0.4) is 0 Å². The van der Waals surface area contributed by atoms with Gasteiger partial charge in [-0.25, -0.2) is 18.4 Å². The van der Waals surface area contributed by atoms with Crippen LogP contribution in [0.25, 0.3) is 0 Å². The maximum absolute atomic E-state index is 14.0. The number of hydrogen-bond donors (Lipinski definition) is 5. The quantitative estimate of drug-likeness (QED) is 0.176. The smallest absolute Gasteiger partial charge is 0.344 e. The Morgan fingerprint density at radius 3 is 2.10 bits per heavy atom. The number of anilines is 1. The number of ether oxygens (including phenoxy) is 1. The highest BCUT2D eigenvalue weighted by Crippen LogP contribution is 2.31. The Labute approximate surface area is 254 Å². The van der Waals surface area contributed by atoms with Gasteiger partial charge in [0.25, 0.3) is 20.2 Å². The van der Waals surface area contributed by atoms with Gasteiger partial charge in [-0.15, -0.1) is 0 Å². The first-order valence-corrected chi connectivity index (χ1v) is 17.2. The van der Waals surface area contributed by atoms with Gasteiger partial charge >= 0.3 is 12.0 Å². The zero-order valence-corrected chi connectivity index (χ0v) is 26.5. The molecular formula is C22H31BrF2N4O10S3. The molecule has 1 aliphatic rings. The number of likely N-dealkylation sites (tertiary alicyclic amines) is 1. The normalized spacial score (nSPS) is 13.3. The summed E-state index contributed by atoms with van der Waals surface area (Å²) in [5.41, 5.74) is -0.740. The molecule has 0 spiro atoms. The molecule has 1 aliphatic heterocycles. The number of aromatic carboxylic acids is 1. The summed E-state index contributed by atoms with van der Waals surface area (Å²) >= 11 is 3.69. The monoisotopic (exact) mass is 724 g/mol. The second kappa shape index (κ2) is 17.6. The summed E-state index contributed by atoms with van der Waals surface area (Å²) < 4.78 is 89.0. The Bertz CT molecular complexity index is 1350. The highest BCUT2D eigenvalue weighted by atomic mass is 79.9. The lowest BCUT2D eigenvalue weighted by Gasteiger charge is -2.14. The molecule has 5 N–H and O–H groups in total. The Morgan fingerprint density at radius 1 is 1.07 bits per heavy atom. The molecule has 0 radical (unpaired) electrons. The summed E-state index contributed by atoms with van der Waals surface area (Å²) in [6.07, 6.45) is 5.67. The molecule has 1 saturated heterocycles. The zero-order valence-electron chi connectivity index (χ0n) is 22.5. The number of amides is 2. The van der Waals surface area contributed by atoms with Gasteiger partial charge in [0.05, 0.1) is 18.1 Å². The Kier molecular flexibility index (Phi) is 15.7. The Morgan fingerprint density at radius 2 is 1.60 bits per heavy atom. The summed E-state index contributed by atoms with van der Waals surface area (Å²) in [5.74, 6) is -3.39. The van der Waals surface area contributed by atoms with Crippen LogP contribution in [0, 0.1) is 11.6 Å². The fourth-order valence-electron chi connectivity index (χ4n) is 3.31. The summed E-state index contributed by atoms with van der Waals surface area (Å²) in [4.78, 5) is 26.2. The second-order valence-electron chi connectivity index (χ2n) is 8.74. The summed E-state index contributed by atoms with van der Waals surface area (Å²) in [6, 6.07) is 1.58. The molecule has 1 fully saturated rings. The fraction of sp³-hybridized carbons (Fsp3) is 0.500. The van der Waals surface area contributed by atoms with Crippen molar-refractivity contribution in [2.24, 2.45) is 0 Å². The average molecular weight is 726 g/mol. The van der Waals surface area contributed by atoms with Crippen molar-refractivity contribution < 1.29 is 54.2 Å². The molecule has 238 valence electrons. The molecule has 2 amide bonds. The average Bonchev–Trinajstić information content (AvgIpc) is 3.46. The van der Waals surface area contributed by atoms with Gasteiger partial charge in [0.1, 0.15) is 23.2 Å². The van der Waals surface area contributed by atoms with Gasteiger partial charge in [-0.1, -0.05) is 15.9 Å². The first-order chi connectivity index (χ1) is 19.3. The van der Waals surface area contributed by atoms with Crippen LogP contribution in [-0.4, -0.2) is 91.0 Å². The van der Waals surface area contributed by atoms with E-state index in [1.165, 1.54) is 12.8 Å². The predicted octanol–water partition coefficient (Wildman–Crippen LogP) is 3.47. The molecule has 42 heavy (non-hydrogen) atoms. The van der Waals surface area contributed by atoms with Crippen molar-refractivity contribution in [2.75, 3.05) is 44.0 Å². The lowest BCUT2D eigenvalue weighted by atomic mass is 10.2. The van der Waals surface area contributed by atoms with Crippen LogP contribution < -0.4 is 15.4 Å².